The summed E-state index contributed by atoms with van der Waals surface area (Å²) >= 11 is 6.68. The van der Waals surface area contributed by atoms with E-state index >= 15 is 0 Å². The van der Waals surface area contributed by atoms with Crippen LogP contribution in [-0.4, -0.2) is 29.5 Å². The van der Waals surface area contributed by atoms with Gasteiger partial charge in [-0.2, -0.15) is 0 Å². The van der Waals surface area contributed by atoms with Gasteiger partial charge in [0, 0.05) is 20.1 Å². The molecular weight excluding hydrogens is 366 g/mol. The van der Waals surface area contributed by atoms with Crippen LogP contribution in [0.4, 0.5) is 0 Å². The molecule has 0 saturated carbocycles. The van der Waals surface area contributed by atoms with Gasteiger partial charge in [0.25, 0.3) is 5.91 Å². The fraction of sp³-hybridized carbons (Fsp3) is 0.273. The summed E-state index contributed by atoms with van der Waals surface area (Å²) in [4.78, 5) is 22.7. The minimum atomic E-state index is -0.256. The number of hydrogen-bond donors (Lipinski definition) is 2. The van der Waals surface area contributed by atoms with E-state index < -0.39 is 0 Å². The third-order valence-corrected chi connectivity index (χ3v) is 4.34. The van der Waals surface area contributed by atoms with Crippen LogP contribution in [0.15, 0.2) is 27.8 Å². The van der Waals surface area contributed by atoms with Crippen molar-refractivity contribution in [3.05, 3.63) is 33.5 Å². The number of nitrogens with zero attached hydrogens (tertiary/aromatic N) is 1. The first-order valence-corrected chi connectivity index (χ1v) is 6.75. The molecule has 0 aliphatic carbocycles. The quantitative estimate of drug-likeness (QED) is 0.603. The topological polar surface area (TPSA) is 63.1 Å². The monoisotopic (exact) mass is 377 g/mol. The van der Waals surface area contributed by atoms with Crippen molar-refractivity contribution in [1.82, 2.24) is 15.2 Å². The molecule has 0 aromatic carbocycles. The van der Waals surface area contributed by atoms with Crippen molar-refractivity contribution in [3.63, 3.8) is 0 Å². The van der Waals surface area contributed by atoms with Crippen molar-refractivity contribution in [1.29, 1.82) is 0 Å². The molecule has 0 unspecified atom stereocenters. The number of aromatic nitrogens is 1. The Kier molecular flexibility index (Phi) is 5.61. The molecule has 0 aliphatic heterocycles. The highest BCUT2D eigenvalue weighted by molar-refractivity contribution is 9.13. The van der Waals surface area contributed by atoms with Crippen LogP contribution in [0.25, 0.3) is 0 Å². The van der Waals surface area contributed by atoms with Crippen LogP contribution in [0.3, 0.4) is 0 Å². The van der Waals surface area contributed by atoms with E-state index in [1.54, 1.807) is 17.7 Å². The predicted octanol–water partition coefficient (Wildman–Crippen LogP) is 1.58. The van der Waals surface area contributed by atoms with Gasteiger partial charge in [0.1, 0.15) is 5.69 Å². The Labute approximate surface area is 122 Å². The summed E-state index contributed by atoms with van der Waals surface area (Å²) < 4.78 is 3.34. The van der Waals surface area contributed by atoms with Gasteiger partial charge in [-0.3, -0.25) is 9.59 Å². The summed E-state index contributed by atoms with van der Waals surface area (Å²) in [6, 6.07) is 1.72. The van der Waals surface area contributed by atoms with Crippen molar-refractivity contribution < 1.29 is 9.59 Å². The molecule has 0 radical (unpaired) electrons. The third kappa shape index (κ3) is 3.71. The van der Waals surface area contributed by atoms with Crippen LogP contribution in [0.2, 0.25) is 0 Å². The molecule has 5 nitrogen and oxygen atoms in total. The SMILES string of the molecule is C=CC(=O)NCCNC(=O)c1cc(Br)c(Br)n1C. The van der Waals surface area contributed by atoms with Crippen LogP contribution in [-0.2, 0) is 11.8 Å². The second-order valence-corrected chi connectivity index (χ2v) is 5.08. The summed E-state index contributed by atoms with van der Waals surface area (Å²) in [5, 5.41) is 5.28. The van der Waals surface area contributed by atoms with Crippen molar-refractivity contribution >= 4 is 43.7 Å². The molecule has 0 bridgehead atoms. The molecule has 0 saturated heterocycles. The molecule has 18 heavy (non-hydrogen) atoms. The Balaban J connectivity index is 2.48. The number of carbonyl (C=O) groups is 2. The molecule has 98 valence electrons. The Hall–Kier alpha value is -1.08. The standard InChI is InChI=1S/C11H13Br2N3O2/c1-3-9(17)14-4-5-15-11(18)8-6-7(12)10(13)16(8)2/h3,6H,1,4-5H2,2H3,(H,14,17)(H,15,18). The van der Waals surface area contributed by atoms with Gasteiger partial charge in [-0.1, -0.05) is 6.58 Å². The van der Waals surface area contributed by atoms with Gasteiger partial charge < -0.3 is 15.2 Å². The minimum Gasteiger partial charge on any atom is -0.351 e. The second-order valence-electron chi connectivity index (χ2n) is 3.48. The van der Waals surface area contributed by atoms with Crippen molar-refractivity contribution in [2.75, 3.05) is 13.1 Å². The molecule has 1 rings (SSSR count). The molecule has 1 aromatic rings. The fourth-order valence-electron chi connectivity index (χ4n) is 1.28. The highest BCUT2D eigenvalue weighted by Gasteiger charge is 2.14. The number of rotatable bonds is 5. The maximum Gasteiger partial charge on any atom is 0.268 e. The fourth-order valence-corrected chi connectivity index (χ4v) is 2.07. The Morgan fingerprint density at radius 1 is 1.39 bits per heavy atom. The first-order chi connectivity index (χ1) is 8.47. The first kappa shape index (κ1) is 15.0. The van der Waals surface area contributed by atoms with Crippen molar-refractivity contribution in [2.45, 2.75) is 0 Å². The smallest absolute Gasteiger partial charge is 0.268 e. The van der Waals surface area contributed by atoms with Gasteiger partial charge in [0.05, 0.1) is 9.08 Å². The lowest BCUT2D eigenvalue weighted by atomic mass is 10.4. The summed E-state index contributed by atoms with van der Waals surface area (Å²) in [5.41, 5.74) is 0.531. The van der Waals surface area contributed by atoms with Gasteiger partial charge in [-0.15, -0.1) is 0 Å². The molecule has 2 amide bonds. The van der Waals surface area contributed by atoms with E-state index in [1.807, 2.05) is 0 Å². The van der Waals surface area contributed by atoms with E-state index in [0.29, 0.717) is 18.8 Å². The molecular formula is C11H13Br2N3O2. The zero-order valence-corrected chi connectivity index (χ0v) is 13.0. The van der Waals surface area contributed by atoms with E-state index in [2.05, 4.69) is 49.1 Å². The van der Waals surface area contributed by atoms with Crippen LogP contribution >= 0.6 is 31.9 Å². The van der Waals surface area contributed by atoms with Crippen LogP contribution < -0.4 is 10.6 Å². The number of nitrogens with one attached hydrogen (secondary N) is 2. The van der Waals surface area contributed by atoms with Gasteiger partial charge in [0.15, 0.2) is 0 Å². The average Bonchev–Trinajstić information content (AvgIpc) is 2.61. The average molecular weight is 379 g/mol. The zero-order valence-electron chi connectivity index (χ0n) is 9.80. The van der Waals surface area contributed by atoms with E-state index in [-0.39, 0.29) is 11.8 Å². The first-order valence-electron chi connectivity index (χ1n) is 5.16. The number of carbonyl (C=O) groups excluding carboxylic acids is 2. The lowest BCUT2D eigenvalue weighted by molar-refractivity contribution is -0.116. The largest absolute Gasteiger partial charge is 0.351 e. The van der Waals surface area contributed by atoms with Gasteiger partial charge in [-0.05, 0) is 44.0 Å². The van der Waals surface area contributed by atoms with Crippen LogP contribution in [0.5, 0.6) is 0 Å². The van der Waals surface area contributed by atoms with Gasteiger partial charge >= 0.3 is 0 Å². The Morgan fingerprint density at radius 2 is 2.00 bits per heavy atom. The van der Waals surface area contributed by atoms with Crippen LogP contribution in [0, 0.1) is 0 Å². The molecule has 2 N–H and O–H groups in total. The van der Waals surface area contributed by atoms with E-state index in [1.165, 1.54) is 6.08 Å². The zero-order chi connectivity index (χ0) is 13.7. The second kappa shape index (κ2) is 6.75. The van der Waals surface area contributed by atoms with E-state index in [4.69, 9.17) is 0 Å². The Bertz CT molecular complexity index is 483. The number of halogens is 2. The van der Waals surface area contributed by atoms with Gasteiger partial charge in [-0.25, -0.2) is 0 Å². The van der Waals surface area contributed by atoms with E-state index in [0.717, 1.165) is 9.08 Å². The molecule has 1 heterocycles. The summed E-state index contributed by atoms with van der Waals surface area (Å²) in [6.07, 6.45) is 1.19. The summed E-state index contributed by atoms with van der Waals surface area (Å²) in [5.74, 6) is -0.453. The molecule has 1 aromatic heterocycles. The highest BCUT2D eigenvalue weighted by Crippen LogP contribution is 2.25. The maximum absolute atomic E-state index is 11.8. The lowest BCUT2D eigenvalue weighted by Crippen LogP contribution is -2.34. The lowest BCUT2D eigenvalue weighted by Gasteiger charge is -2.06. The van der Waals surface area contributed by atoms with Gasteiger partial charge in [0.2, 0.25) is 5.91 Å². The molecule has 0 spiro atoms. The number of hydrogen-bond acceptors (Lipinski definition) is 2. The summed E-state index contributed by atoms with van der Waals surface area (Å²) in [7, 11) is 1.78. The maximum atomic E-state index is 11.8. The molecule has 7 heteroatoms. The third-order valence-electron chi connectivity index (χ3n) is 2.24. The van der Waals surface area contributed by atoms with Crippen molar-refractivity contribution in [3.8, 4) is 0 Å². The molecule has 0 aliphatic rings. The number of amides is 2. The highest BCUT2D eigenvalue weighted by atomic mass is 79.9. The predicted molar refractivity (Wildman–Crippen MR) is 76.4 cm³/mol. The minimum absolute atomic E-state index is 0.197. The summed E-state index contributed by atoms with van der Waals surface area (Å²) in [6.45, 7) is 4.06. The van der Waals surface area contributed by atoms with E-state index in [9.17, 15) is 9.59 Å². The van der Waals surface area contributed by atoms with Crippen LogP contribution in [0.1, 0.15) is 10.5 Å². The normalized spacial score (nSPS) is 9.94. The molecule has 0 atom stereocenters. The molecule has 0 fully saturated rings. The van der Waals surface area contributed by atoms with Crippen molar-refractivity contribution in [2.24, 2.45) is 7.05 Å². The Morgan fingerprint density at radius 3 is 2.50 bits per heavy atom.